The molecule has 4 nitrogen and oxygen atoms in total. The van der Waals surface area contributed by atoms with Gasteiger partial charge in [-0.3, -0.25) is 4.79 Å². The van der Waals surface area contributed by atoms with Gasteiger partial charge in [0.1, 0.15) is 4.33 Å². The third-order valence-electron chi connectivity index (χ3n) is 4.31. The largest absolute Gasteiger partial charge is 0.448 e. The normalized spacial score (nSPS) is 26.9. The number of hydrogen-bond donors (Lipinski definition) is 1. The van der Waals surface area contributed by atoms with E-state index in [0.29, 0.717) is 17.9 Å². The third-order valence-corrected chi connectivity index (χ3v) is 5.15. The topological polar surface area (TPSA) is 47.6 Å². The van der Waals surface area contributed by atoms with Gasteiger partial charge in [-0.2, -0.15) is 0 Å². The molecule has 0 saturated heterocycles. The predicted molar refractivity (Wildman–Crippen MR) is 80.1 cm³/mol. The van der Waals surface area contributed by atoms with E-state index in [1.165, 1.54) is 0 Å². The molecule has 6 heteroatoms. The van der Waals surface area contributed by atoms with Crippen molar-refractivity contribution in [3.05, 3.63) is 18.2 Å². The number of benzene rings is 1. The highest BCUT2D eigenvalue weighted by Crippen LogP contribution is 2.53. The number of ether oxygens (including phenoxy) is 2. The van der Waals surface area contributed by atoms with E-state index in [1.54, 1.807) is 12.1 Å². The molecule has 0 radical (unpaired) electrons. The molecule has 1 amide bonds. The van der Waals surface area contributed by atoms with Crippen molar-refractivity contribution in [2.24, 2.45) is 5.92 Å². The molecule has 1 spiro atoms. The summed E-state index contributed by atoms with van der Waals surface area (Å²) in [4.78, 5) is 12.0. The lowest BCUT2D eigenvalue weighted by atomic mass is 10.2. The second kappa shape index (κ2) is 4.43. The van der Waals surface area contributed by atoms with E-state index in [9.17, 15) is 4.79 Å². The third kappa shape index (κ3) is 2.34. The molecular formula is C15H15Cl2NO3. The molecule has 2 aliphatic carbocycles. The Balaban J connectivity index is 1.49. The summed E-state index contributed by atoms with van der Waals surface area (Å²) in [5.74, 6) is 0.448. The fourth-order valence-corrected chi connectivity index (χ4v) is 3.52. The van der Waals surface area contributed by atoms with Gasteiger partial charge in [-0.15, -0.1) is 23.2 Å². The van der Waals surface area contributed by atoms with Crippen molar-refractivity contribution >= 4 is 34.8 Å². The zero-order valence-corrected chi connectivity index (χ0v) is 12.8. The molecule has 3 aliphatic rings. The van der Waals surface area contributed by atoms with Gasteiger partial charge in [0.2, 0.25) is 5.91 Å². The smallest absolute Gasteiger partial charge is 0.251 e. The molecule has 2 fully saturated rings. The predicted octanol–water partition coefficient (Wildman–Crippen LogP) is 3.86. The molecule has 1 unspecified atom stereocenters. The van der Waals surface area contributed by atoms with Gasteiger partial charge in [-0.05, 0) is 31.4 Å². The van der Waals surface area contributed by atoms with Gasteiger partial charge in [-0.25, -0.2) is 0 Å². The highest BCUT2D eigenvalue weighted by molar-refractivity contribution is 6.52. The number of carbonyl (C=O) groups excluding carboxylic acids is 1. The summed E-state index contributed by atoms with van der Waals surface area (Å²) in [5.41, 5.74) is 0.674. The minimum Gasteiger partial charge on any atom is -0.448 e. The number of rotatable bonds is 2. The average molecular weight is 328 g/mol. The van der Waals surface area contributed by atoms with E-state index < -0.39 is 10.1 Å². The van der Waals surface area contributed by atoms with Crippen LogP contribution < -0.4 is 14.8 Å². The van der Waals surface area contributed by atoms with Crippen LogP contribution in [-0.2, 0) is 4.79 Å². The lowest BCUT2D eigenvalue weighted by Crippen LogP contribution is -2.34. The number of fused-ring (bicyclic) bond motifs is 1. The molecule has 0 bridgehead atoms. The van der Waals surface area contributed by atoms with E-state index >= 15 is 0 Å². The Bertz CT molecular complexity index is 611. The molecule has 4 rings (SSSR count). The minimum atomic E-state index is -0.908. The zero-order chi connectivity index (χ0) is 14.7. The fraction of sp³-hybridized carbons (Fsp3) is 0.533. The summed E-state index contributed by atoms with van der Waals surface area (Å²) < 4.78 is 11.0. The lowest BCUT2D eigenvalue weighted by molar-refractivity contribution is -0.117. The van der Waals surface area contributed by atoms with Gasteiger partial charge in [0, 0.05) is 24.6 Å². The first-order chi connectivity index (χ1) is 9.97. The molecule has 1 N–H and O–H groups in total. The van der Waals surface area contributed by atoms with Crippen LogP contribution in [0, 0.1) is 5.92 Å². The summed E-state index contributed by atoms with van der Waals surface area (Å²) in [6.45, 7) is 0. The van der Waals surface area contributed by atoms with Crippen LogP contribution in [0.15, 0.2) is 18.2 Å². The van der Waals surface area contributed by atoms with Crippen molar-refractivity contribution in [1.29, 1.82) is 0 Å². The molecule has 1 aromatic carbocycles. The first-order valence-corrected chi connectivity index (χ1v) is 7.94. The quantitative estimate of drug-likeness (QED) is 0.839. The van der Waals surface area contributed by atoms with Crippen LogP contribution in [0.1, 0.15) is 32.1 Å². The van der Waals surface area contributed by atoms with Crippen LogP contribution in [0.3, 0.4) is 0 Å². The fourth-order valence-electron chi connectivity index (χ4n) is 3.02. The van der Waals surface area contributed by atoms with Crippen molar-refractivity contribution in [2.75, 3.05) is 5.32 Å². The standard InChI is InChI=1S/C15H15Cl2NO3/c16-15(17)8-10(15)13(19)18-9-3-4-11-12(7-9)21-14(20-11)5-1-2-6-14/h3-4,7,10H,1-2,5-6,8H2,(H,18,19). The molecule has 1 atom stereocenters. The molecule has 112 valence electrons. The maximum atomic E-state index is 12.0. The molecule has 1 aliphatic heterocycles. The molecule has 21 heavy (non-hydrogen) atoms. The number of amides is 1. The highest BCUT2D eigenvalue weighted by atomic mass is 35.5. The van der Waals surface area contributed by atoms with Crippen LogP contribution in [0.2, 0.25) is 0 Å². The van der Waals surface area contributed by atoms with Gasteiger partial charge in [0.15, 0.2) is 11.5 Å². The molecule has 1 aromatic rings. The van der Waals surface area contributed by atoms with Crippen molar-refractivity contribution in [2.45, 2.75) is 42.2 Å². The van der Waals surface area contributed by atoms with Crippen molar-refractivity contribution in [3.8, 4) is 11.5 Å². The van der Waals surface area contributed by atoms with Crippen LogP contribution in [0.5, 0.6) is 11.5 Å². The Kier molecular flexibility index (Phi) is 2.86. The van der Waals surface area contributed by atoms with E-state index in [-0.39, 0.29) is 11.8 Å². The Morgan fingerprint density at radius 3 is 2.52 bits per heavy atom. The van der Waals surface area contributed by atoms with Gasteiger partial charge >= 0.3 is 0 Å². The molecule has 0 aromatic heterocycles. The number of carbonyl (C=O) groups is 1. The summed E-state index contributed by atoms with van der Waals surface area (Å²) in [5, 5.41) is 2.82. The Labute approximate surface area is 132 Å². The number of nitrogens with one attached hydrogen (secondary N) is 1. The van der Waals surface area contributed by atoms with Crippen molar-refractivity contribution in [1.82, 2.24) is 0 Å². The molecule has 1 heterocycles. The van der Waals surface area contributed by atoms with E-state index in [1.807, 2.05) is 6.07 Å². The van der Waals surface area contributed by atoms with Gasteiger partial charge in [0.25, 0.3) is 5.79 Å². The second-order valence-corrected chi connectivity index (χ2v) is 7.53. The van der Waals surface area contributed by atoms with Crippen LogP contribution >= 0.6 is 23.2 Å². The summed E-state index contributed by atoms with van der Waals surface area (Å²) in [7, 11) is 0. The number of alkyl halides is 2. The van der Waals surface area contributed by atoms with Gasteiger partial charge in [-0.1, -0.05) is 0 Å². The summed E-state index contributed by atoms with van der Waals surface area (Å²) in [6, 6.07) is 5.44. The van der Waals surface area contributed by atoms with Gasteiger partial charge in [0.05, 0.1) is 5.92 Å². The Morgan fingerprint density at radius 1 is 1.19 bits per heavy atom. The number of hydrogen-bond acceptors (Lipinski definition) is 3. The Hall–Kier alpha value is -1.13. The maximum absolute atomic E-state index is 12.0. The van der Waals surface area contributed by atoms with Crippen molar-refractivity contribution < 1.29 is 14.3 Å². The first-order valence-electron chi connectivity index (χ1n) is 7.18. The van der Waals surface area contributed by atoms with Gasteiger partial charge < -0.3 is 14.8 Å². The molecular weight excluding hydrogens is 313 g/mol. The summed E-state index contributed by atoms with van der Waals surface area (Å²) >= 11 is 11.8. The van der Waals surface area contributed by atoms with Crippen LogP contribution in [0.4, 0.5) is 5.69 Å². The average Bonchev–Trinajstić information content (AvgIpc) is 2.79. The first kappa shape index (κ1) is 13.5. The number of anilines is 1. The SMILES string of the molecule is O=C(Nc1ccc2c(c1)OC1(CCCC1)O2)C1CC1(Cl)Cl. The number of halogens is 2. The van der Waals surface area contributed by atoms with E-state index in [2.05, 4.69) is 5.32 Å². The van der Waals surface area contributed by atoms with E-state index in [0.717, 1.165) is 31.4 Å². The second-order valence-electron chi connectivity index (χ2n) is 5.99. The van der Waals surface area contributed by atoms with Crippen LogP contribution in [0.25, 0.3) is 0 Å². The zero-order valence-electron chi connectivity index (χ0n) is 11.3. The summed E-state index contributed by atoms with van der Waals surface area (Å²) in [6.07, 6.45) is 4.55. The lowest BCUT2D eigenvalue weighted by Gasteiger charge is -2.21. The monoisotopic (exact) mass is 327 g/mol. The highest BCUT2D eigenvalue weighted by Gasteiger charge is 2.56. The van der Waals surface area contributed by atoms with Crippen molar-refractivity contribution in [3.63, 3.8) is 0 Å². The molecule has 2 saturated carbocycles. The Morgan fingerprint density at radius 2 is 1.86 bits per heavy atom. The van der Waals surface area contributed by atoms with E-state index in [4.69, 9.17) is 32.7 Å². The maximum Gasteiger partial charge on any atom is 0.251 e. The van der Waals surface area contributed by atoms with Crippen LogP contribution in [-0.4, -0.2) is 16.0 Å². The minimum absolute atomic E-state index is 0.158.